The van der Waals surface area contributed by atoms with Gasteiger partial charge < -0.3 is 10.1 Å². The highest BCUT2D eigenvalue weighted by Gasteiger charge is 2.16. The Morgan fingerprint density at radius 2 is 2.13 bits per heavy atom. The highest BCUT2D eigenvalue weighted by molar-refractivity contribution is 5.76. The standard InChI is InChI=1S/C20H29NO2/c1-15(13-17-7-9-19-18(14-17)11-12-23-19)21-20(22)10-8-16-5-3-2-4-6-16/h7,9,14-16H,2-6,8,10-13H2,1H3,(H,21,22). The Kier molecular flexibility index (Phi) is 5.58. The minimum atomic E-state index is 0.189. The van der Waals surface area contributed by atoms with Gasteiger partial charge in [0.15, 0.2) is 0 Å². The molecule has 0 saturated heterocycles. The SMILES string of the molecule is CC(Cc1ccc2c(c1)CCO2)NC(=O)CCC1CCCCC1. The van der Waals surface area contributed by atoms with Gasteiger partial charge in [-0.05, 0) is 42.9 Å². The van der Waals surface area contributed by atoms with Crippen molar-refractivity contribution in [1.82, 2.24) is 5.32 Å². The second kappa shape index (κ2) is 7.85. The zero-order chi connectivity index (χ0) is 16.1. The van der Waals surface area contributed by atoms with Crippen LogP contribution in [-0.4, -0.2) is 18.6 Å². The molecule has 1 N–H and O–H groups in total. The van der Waals surface area contributed by atoms with Crippen LogP contribution in [-0.2, 0) is 17.6 Å². The molecule has 0 spiro atoms. The van der Waals surface area contributed by atoms with Gasteiger partial charge in [0.2, 0.25) is 5.91 Å². The van der Waals surface area contributed by atoms with Crippen LogP contribution in [0.5, 0.6) is 5.75 Å². The van der Waals surface area contributed by atoms with Crippen molar-refractivity contribution >= 4 is 5.91 Å². The van der Waals surface area contributed by atoms with Crippen LogP contribution >= 0.6 is 0 Å². The third-order valence-corrected chi connectivity index (χ3v) is 5.21. The maximum absolute atomic E-state index is 12.1. The normalized spacial score (nSPS) is 19.0. The van der Waals surface area contributed by atoms with Crippen LogP contribution in [0.1, 0.15) is 63.0 Å². The predicted octanol–water partition coefficient (Wildman–Crippen LogP) is 4.03. The monoisotopic (exact) mass is 315 g/mol. The van der Waals surface area contributed by atoms with Crippen LogP contribution in [0.3, 0.4) is 0 Å². The van der Waals surface area contributed by atoms with Gasteiger partial charge in [0, 0.05) is 18.9 Å². The lowest BCUT2D eigenvalue weighted by Gasteiger charge is -2.21. The molecule has 1 heterocycles. The van der Waals surface area contributed by atoms with Crippen LogP contribution in [0, 0.1) is 5.92 Å². The Hall–Kier alpha value is -1.51. The summed E-state index contributed by atoms with van der Waals surface area (Å²) in [6.45, 7) is 2.90. The summed E-state index contributed by atoms with van der Waals surface area (Å²) >= 11 is 0. The Bertz CT molecular complexity index is 534. The lowest BCUT2D eigenvalue weighted by Crippen LogP contribution is -2.34. The van der Waals surface area contributed by atoms with Gasteiger partial charge in [-0.3, -0.25) is 4.79 Å². The minimum Gasteiger partial charge on any atom is -0.493 e. The quantitative estimate of drug-likeness (QED) is 0.860. The van der Waals surface area contributed by atoms with E-state index in [1.54, 1.807) is 0 Å². The summed E-state index contributed by atoms with van der Waals surface area (Å²) in [4.78, 5) is 12.1. The maximum Gasteiger partial charge on any atom is 0.220 e. The van der Waals surface area contributed by atoms with E-state index in [9.17, 15) is 4.79 Å². The summed E-state index contributed by atoms with van der Waals surface area (Å²) in [5.74, 6) is 2.02. The molecule has 3 heteroatoms. The van der Waals surface area contributed by atoms with Crippen LogP contribution in [0.4, 0.5) is 0 Å². The second-order valence-corrected chi connectivity index (χ2v) is 7.26. The van der Waals surface area contributed by atoms with E-state index in [-0.39, 0.29) is 11.9 Å². The summed E-state index contributed by atoms with van der Waals surface area (Å²) in [6, 6.07) is 6.60. The number of carbonyl (C=O) groups is 1. The first-order valence-electron chi connectivity index (χ1n) is 9.24. The van der Waals surface area contributed by atoms with Crippen LogP contribution < -0.4 is 10.1 Å². The van der Waals surface area contributed by atoms with Crippen molar-refractivity contribution in [3.8, 4) is 5.75 Å². The lowest BCUT2D eigenvalue weighted by atomic mass is 9.86. The number of rotatable bonds is 6. The summed E-state index contributed by atoms with van der Waals surface area (Å²) < 4.78 is 5.54. The molecule has 1 saturated carbocycles. The summed E-state index contributed by atoms with van der Waals surface area (Å²) in [5.41, 5.74) is 2.59. The first-order valence-corrected chi connectivity index (χ1v) is 9.24. The molecule has 0 bridgehead atoms. The van der Waals surface area contributed by atoms with Crippen molar-refractivity contribution in [3.63, 3.8) is 0 Å². The van der Waals surface area contributed by atoms with E-state index in [0.717, 1.165) is 37.5 Å². The van der Waals surface area contributed by atoms with E-state index in [1.807, 2.05) is 0 Å². The summed E-state index contributed by atoms with van der Waals surface area (Å²) in [7, 11) is 0. The molecule has 1 aromatic carbocycles. The Morgan fingerprint density at radius 1 is 1.30 bits per heavy atom. The van der Waals surface area contributed by atoms with Gasteiger partial charge in [0.1, 0.15) is 5.75 Å². The first kappa shape index (κ1) is 16.4. The van der Waals surface area contributed by atoms with Gasteiger partial charge in [-0.25, -0.2) is 0 Å². The molecule has 23 heavy (non-hydrogen) atoms. The van der Waals surface area contributed by atoms with Gasteiger partial charge in [0.05, 0.1) is 6.61 Å². The van der Waals surface area contributed by atoms with Gasteiger partial charge in [-0.2, -0.15) is 0 Å². The highest BCUT2D eigenvalue weighted by atomic mass is 16.5. The van der Waals surface area contributed by atoms with Crippen LogP contribution in [0.2, 0.25) is 0 Å². The van der Waals surface area contributed by atoms with Crippen molar-refractivity contribution in [3.05, 3.63) is 29.3 Å². The van der Waals surface area contributed by atoms with E-state index in [2.05, 4.69) is 30.4 Å². The van der Waals surface area contributed by atoms with Crippen molar-refractivity contribution in [2.75, 3.05) is 6.61 Å². The van der Waals surface area contributed by atoms with E-state index >= 15 is 0 Å². The van der Waals surface area contributed by atoms with E-state index in [1.165, 1.54) is 43.2 Å². The van der Waals surface area contributed by atoms with Crippen molar-refractivity contribution in [2.45, 2.75) is 70.8 Å². The number of benzene rings is 1. The largest absolute Gasteiger partial charge is 0.493 e. The molecule has 126 valence electrons. The number of carbonyl (C=O) groups excluding carboxylic acids is 1. The molecule has 3 nitrogen and oxygen atoms in total. The molecule has 1 aliphatic carbocycles. The van der Waals surface area contributed by atoms with E-state index in [0.29, 0.717) is 6.42 Å². The molecule has 1 amide bonds. The zero-order valence-electron chi connectivity index (χ0n) is 14.3. The molecule has 0 aromatic heterocycles. The number of amides is 1. The number of fused-ring (bicyclic) bond motifs is 1. The smallest absolute Gasteiger partial charge is 0.220 e. The molecule has 3 rings (SSSR count). The molecule has 1 fully saturated rings. The average molecular weight is 315 g/mol. The van der Waals surface area contributed by atoms with Gasteiger partial charge in [0.25, 0.3) is 0 Å². The van der Waals surface area contributed by atoms with E-state index in [4.69, 9.17) is 4.74 Å². The zero-order valence-corrected chi connectivity index (χ0v) is 14.3. The average Bonchev–Trinajstić information content (AvgIpc) is 3.01. The highest BCUT2D eigenvalue weighted by Crippen LogP contribution is 2.27. The van der Waals surface area contributed by atoms with Crippen molar-refractivity contribution in [2.24, 2.45) is 5.92 Å². The fraction of sp³-hybridized carbons (Fsp3) is 0.650. The molecule has 0 radical (unpaired) electrons. The number of hydrogen-bond donors (Lipinski definition) is 1. The first-order chi connectivity index (χ1) is 11.2. The molecule has 1 unspecified atom stereocenters. The molecule has 1 aliphatic heterocycles. The summed E-state index contributed by atoms with van der Waals surface area (Å²) in [6.07, 6.45) is 10.4. The maximum atomic E-state index is 12.1. The second-order valence-electron chi connectivity index (χ2n) is 7.26. The topological polar surface area (TPSA) is 38.3 Å². The molecule has 2 aliphatic rings. The Balaban J connectivity index is 1.41. The van der Waals surface area contributed by atoms with Crippen LogP contribution in [0.25, 0.3) is 0 Å². The number of ether oxygens (including phenoxy) is 1. The van der Waals surface area contributed by atoms with Crippen molar-refractivity contribution in [1.29, 1.82) is 0 Å². The third-order valence-electron chi connectivity index (χ3n) is 5.21. The Labute approximate surface area is 139 Å². The molecular weight excluding hydrogens is 286 g/mol. The van der Waals surface area contributed by atoms with Crippen molar-refractivity contribution < 1.29 is 9.53 Å². The molecular formula is C20H29NO2. The molecule has 1 atom stereocenters. The third kappa shape index (κ3) is 4.73. The van der Waals surface area contributed by atoms with Gasteiger partial charge in [-0.15, -0.1) is 0 Å². The van der Waals surface area contributed by atoms with Gasteiger partial charge >= 0.3 is 0 Å². The number of hydrogen-bond acceptors (Lipinski definition) is 2. The Morgan fingerprint density at radius 3 is 2.96 bits per heavy atom. The summed E-state index contributed by atoms with van der Waals surface area (Å²) in [5, 5.41) is 3.17. The molecule has 1 aromatic rings. The number of nitrogens with one attached hydrogen (secondary N) is 1. The fourth-order valence-electron chi connectivity index (χ4n) is 3.93. The minimum absolute atomic E-state index is 0.189. The predicted molar refractivity (Wildman–Crippen MR) is 92.8 cm³/mol. The fourth-order valence-corrected chi connectivity index (χ4v) is 3.93. The van der Waals surface area contributed by atoms with Gasteiger partial charge in [-0.1, -0.05) is 44.2 Å². The lowest BCUT2D eigenvalue weighted by molar-refractivity contribution is -0.122. The van der Waals surface area contributed by atoms with E-state index < -0.39 is 0 Å². The van der Waals surface area contributed by atoms with Crippen LogP contribution in [0.15, 0.2) is 18.2 Å².